The second-order valence-corrected chi connectivity index (χ2v) is 9.66. The fourth-order valence-corrected chi connectivity index (χ4v) is 5.25. The molecule has 1 aliphatic heterocycles. The monoisotopic (exact) mass is 460 g/mol. The number of amides is 1. The third kappa shape index (κ3) is 4.30. The molecule has 1 saturated heterocycles. The topological polar surface area (TPSA) is 95.7 Å². The molecular weight excluding hydrogens is 440 g/mol. The highest BCUT2D eigenvalue weighted by Gasteiger charge is 2.32. The predicted octanol–water partition coefficient (Wildman–Crippen LogP) is 2.69. The number of rotatable bonds is 4. The molecular formula is C21H21ClN4O4S. The number of phenols is 1. The van der Waals surface area contributed by atoms with Gasteiger partial charge in [0.05, 0.1) is 17.4 Å². The van der Waals surface area contributed by atoms with E-state index in [1.165, 1.54) is 22.6 Å². The lowest BCUT2D eigenvalue weighted by Gasteiger charge is -2.34. The highest BCUT2D eigenvalue weighted by molar-refractivity contribution is 7.89. The van der Waals surface area contributed by atoms with Gasteiger partial charge in [-0.2, -0.15) is 9.40 Å². The second-order valence-electron chi connectivity index (χ2n) is 7.32. The van der Waals surface area contributed by atoms with Gasteiger partial charge < -0.3 is 10.0 Å². The lowest BCUT2D eigenvalue weighted by molar-refractivity contribution is 0.0697. The number of aryl methyl sites for hydroxylation is 1. The summed E-state index contributed by atoms with van der Waals surface area (Å²) in [7, 11) is -3.85. The normalized spacial score (nSPS) is 15.2. The van der Waals surface area contributed by atoms with Gasteiger partial charge in [0.1, 0.15) is 10.6 Å². The second kappa shape index (κ2) is 8.33. The number of carbonyl (C=O) groups excluding carboxylic acids is 1. The first-order chi connectivity index (χ1) is 14.8. The van der Waals surface area contributed by atoms with E-state index in [9.17, 15) is 18.3 Å². The van der Waals surface area contributed by atoms with Crippen molar-refractivity contribution in [1.82, 2.24) is 19.0 Å². The summed E-state index contributed by atoms with van der Waals surface area (Å²) in [6, 6.07) is 11.6. The average molecular weight is 461 g/mol. The Morgan fingerprint density at radius 2 is 1.84 bits per heavy atom. The van der Waals surface area contributed by atoms with Crippen molar-refractivity contribution < 1.29 is 18.3 Å². The number of nitrogens with zero attached hydrogens (tertiary/aromatic N) is 4. The van der Waals surface area contributed by atoms with E-state index in [4.69, 9.17) is 11.6 Å². The molecule has 4 rings (SSSR count). The fourth-order valence-electron chi connectivity index (χ4n) is 3.47. The molecule has 1 aliphatic rings. The van der Waals surface area contributed by atoms with Crippen LogP contribution < -0.4 is 0 Å². The molecule has 162 valence electrons. The number of phenolic OH excluding ortho intramolecular Hbond substituents is 1. The van der Waals surface area contributed by atoms with Crippen LogP contribution in [0.25, 0.3) is 5.69 Å². The Kier molecular flexibility index (Phi) is 5.74. The highest BCUT2D eigenvalue weighted by Crippen LogP contribution is 2.27. The van der Waals surface area contributed by atoms with Crippen molar-refractivity contribution in [2.45, 2.75) is 11.8 Å². The van der Waals surface area contributed by atoms with Gasteiger partial charge in [-0.05, 0) is 42.8 Å². The molecule has 8 nitrogen and oxygen atoms in total. The number of hydrogen-bond donors (Lipinski definition) is 1. The van der Waals surface area contributed by atoms with E-state index in [0.717, 1.165) is 11.3 Å². The van der Waals surface area contributed by atoms with Gasteiger partial charge in [-0.3, -0.25) is 4.79 Å². The molecule has 0 saturated carbocycles. The van der Waals surface area contributed by atoms with E-state index in [-0.39, 0.29) is 42.7 Å². The lowest BCUT2D eigenvalue weighted by atomic mass is 10.2. The minimum atomic E-state index is -3.85. The first-order valence-electron chi connectivity index (χ1n) is 9.65. The van der Waals surface area contributed by atoms with Gasteiger partial charge in [0.2, 0.25) is 10.0 Å². The van der Waals surface area contributed by atoms with Crippen LogP contribution in [0.15, 0.2) is 59.8 Å². The van der Waals surface area contributed by atoms with E-state index >= 15 is 0 Å². The maximum Gasteiger partial charge on any atom is 0.257 e. The van der Waals surface area contributed by atoms with Crippen molar-refractivity contribution in [3.63, 3.8) is 0 Å². The van der Waals surface area contributed by atoms with Crippen LogP contribution in [-0.4, -0.2) is 64.6 Å². The molecule has 0 spiro atoms. The number of carbonyl (C=O) groups is 1. The molecule has 2 heterocycles. The number of piperazine rings is 1. The van der Waals surface area contributed by atoms with Crippen molar-refractivity contribution in [2.75, 3.05) is 26.2 Å². The maximum absolute atomic E-state index is 12.9. The molecule has 0 aliphatic carbocycles. The smallest absolute Gasteiger partial charge is 0.257 e. The SMILES string of the molecule is Cc1ccc(O)c(S(=O)(=O)N2CCN(C(=O)c3cnn(-c4cccc(Cl)c4)c3)CC2)c1. The maximum atomic E-state index is 12.9. The number of halogens is 1. The van der Waals surface area contributed by atoms with Crippen LogP contribution in [0, 0.1) is 6.92 Å². The Hall–Kier alpha value is -2.88. The first-order valence-corrected chi connectivity index (χ1v) is 11.5. The molecule has 1 fully saturated rings. The standard InChI is InChI=1S/C21H21ClN4O4S/c1-15-5-6-19(27)20(11-15)31(29,30)25-9-7-24(8-10-25)21(28)16-13-23-26(14-16)18-4-2-3-17(22)12-18/h2-6,11-14,27H,7-10H2,1H3. The lowest BCUT2D eigenvalue weighted by Crippen LogP contribution is -2.50. The molecule has 0 atom stereocenters. The Labute approximate surface area is 185 Å². The van der Waals surface area contributed by atoms with Gasteiger partial charge >= 0.3 is 0 Å². The van der Waals surface area contributed by atoms with Crippen LogP contribution in [0.5, 0.6) is 5.75 Å². The van der Waals surface area contributed by atoms with Crippen LogP contribution in [0.4, 0.5) is 0 Å². The quantitative estimate of drug-likeness (QED) is 0.645. The van der Waals surface area contributed by atoms with Gasteiger partial charge in [-0.1, -0.05) is 23.7 Å². The van der Waals surface area contributed by atoms with Crippen molar-refractivity contribution in [2.24, 2.45) is 0 Å². The van der Waals surface area contributed by atoms with Gasteiger partial charge in [0, 0.05) is 37.4 Å². The third-order valence-corrected chi connectivity index (χ3v) is 7.32. The molecule has 1 amide bonds. The summed E-state index contributed by atoms with van der Waals surface area (Å²) < 4.78 is 28.7. The Morgan fingerprint density at radius 3 is 2.55 bits per heavy atom. The fraction of sp³-hybridized carbons (Fsp3) is 0.238. The largest absolute Gasteiger partial charge is 0.507 e. The molecule has 2 aromatic carbocycles. The van der Waals surface area contributed by atoms with E-state index in [1.807, 2.05) is 6.07 Å². The average Bonchev–Trinajstić information content (AvgIpc) is 3.25. The Morgan fingerprint density at radius 1 is 1.10 bits per heavy atom. The molecule has 1 aromatic heterocycles. The molecule has 3 aromatic rings. The Balaban J connectivity index is 1.45. The zero-order valence-corrected chi connectivity index (χ0v) is 18.3. The van der Waals surface area contributed by atoms with Gasteiger partial charge in [0.15, 0.2) is 0 Å². The summed E-state index contributed by atoms with van der Waals surface area (Å²) >= 11 is 6.01. The molecule has 1 N–H and O–H groups in total. The molecule has 31 heavy (non-hydrogen) atoms. The first kappa shape index (κ1) is 21.4. The van der Waals surface area contributed by atoms with Crippen LogP contribution in [0.2, 0.25) is 5.02 Å². The molecule has 0 bridgehead atoms. The van der Waals surface area contributed by atoms with Crippen LogP contribution >= 0.6 is 11.6 Å². The summed E-state index contributed by atoms with van der Waals surface area (Å²) in [5, 5.41) is 14.8. The van der Waals surface area contributed by atoms with Crippen LogP contribution in [0.1, 0.15) is 15.9 Å². The summed E-state index contributed by atoms with van der Waals surface area (Å²) in [4.78, 5) is 14.4. The summed E-state index contributed by atoms with van der Waals surface area (Å²) in [5.74, 6) is -0.499. The number of aromatic hydroxyl groups is 1. The zero-order chi connectivity index (χ0) is 22.2. The minimum absolute atomic E-state index is 0.116. The van der Waals surface area contributed by atoms with Gasteiger partial charge in [0.25, 0.3) is 5.91 Å². The van der Waals surface area contributed by atoms with Crippen molar-refractivity contribution >= 4 is 27.5 Å². The Bertz CT molecular complexity index is 1230. The summed E-state index contributed by atoms with van der Waals surface area (Å²) in [6.45, 7) is 2.53. The number of hydrogen-bond acceptors (Lipinski definition) is 5. The van der Waals surface area contributed by atoms with Gasteiger partial charge in [-0.25, -0.2) is 13.1 Å². The minimum Gasteiger partial charge on any atom is -0.507 e. The summed E-state index contributed by atoms with van der Waals surface area (Å²) in [5.41, 5.74) is 1.88. The van der Waals surface area contributed by atoms with E-state index in [2.05, 4.69) is 5.10 Å². The number of benzene rings is 2. The number of sulfonamides is 1. The van der Waals surface area contributed by atoms with Gasteiger partial charge in [-0.15, -0.1) is 0 Å². The zero-order valence-electron chi connectivity index (χ0n) is 16.8. The van der Waals surface area contributed by atoms with Crippen molar-refractivity contribution in [1.29, 1.82) is 0 Å². The predicted molar refractivity (Wildman–Crippen MR) is 116 cm³/mol. The molecule has 0 unspecified atom stereocenters. The van der Waals surface area contributed by atoms with Crippen molar-refractivity contribution in [3.8, 4) is 11.4 Å². The third-order valence-electron chi connectivity index (χ3n) is 5.16. The van der Waals surface area contributed by atoms with E-state index in [0.29, 0.717) is 10.6 Å². The number of aromatic nitrogens is 2. The van der Waals surface area contributed by atoms with E-state index in [1.54, 1.807) is 47.0 Å². The van der Waals surface area contributed by atoms with Crippen LogP contribution in [-0.2, 0) is 10.0 Å². The van der Waals surface area contributed by atoms with Crippen molar-refractivity contribution in [3.05, 3.63) is 71.0 Å². The van der Waals surface area contributed by atoms with E-state index < -0.39 is 10.0 Å². The summed E-state index contributed by atoms with van der Waals surface area (Å²) in [6.07, 6.45) is 3.11. The molecule has 0 radical (unpaired) electrons. The molecule has 10 heteroatoms. The highest BCUT2D eigenvalue weighted by atomic mass is 35.5. The van der Waals surface area contributed by atoms with Crippen LogP contribution in [0.3, 0.4) is 0 Å².